The van der Waals surface area contributed by atoms with Crippen molar-refractivity contribution in [2.45, 2.75) is 123 Å². The number of nitrogens with two attached hydrogens (primary N) is 1. The van der Waals surface area contributed by atoms with E-state index in [-0.39, 0.29) is 43.6 Å². The fourth-order valence-electron chi connectivity index (χ4n) is 6.70. The molecule has 2 aromatic rings. The number of hydrogen-bond acceptors (Lipinski definition) is 7. The van der Waals surface area contributed by atoms with Gasteiger partial charge in [0.2, 0.25) is 29.5 Å². The highest BCUT2D eigenvalue weighted by Crippen LogP contribution is 2.22. The second-order valence-corrected chi connectivity index (χ2v) is 15.6. The maximum absolute atomic E-state index is 14.2. The second-order valence-electron chi connectivity index (χ2n) is 15.6. The van der Waals surface area contributed by atoms with Crippen molar-refractivity contribution < 1.29 is 33.9 Å². The van der Waals surface area contributed by atoms with E-state index in [0.717, 1.165) is 11.1 Å². The predicted molar refractivity (Wildman–Crippen MR) is 207 cm³/mol. The van der Waals surface area contributed by atoms with E-state index in [4.69, 9.17) is 5.73 Å². The minimum absolute atomic E-state index is 0.0000357. The van der Waals surface area contributed by atoms with E-state index in [1.165, 1.54) is 4.90 Å². The number of rotatable bonds is 20. The lowest BCUT2D eigenvalue weighted by molar-refractivity contribution is -0.144. The number of amides is 5. The molecule has 13 nitrogen and oxygen atoms in total. The number of likely N-dealkylation sites (tertiary alicyclic amines) is 1. The van der Waals surface area contributed by atoms with Crippen LogP contribution in [0.2, 0.25) is 0 Å². The number of nitrogens with one attached hydrogen (secondary N) is 4. The summed E-state index contributed by atoms with van der Waals surface area (Å²) in [6, 6.07) is 12.4. The number of nitrogens with zero attached hydrogens (tertiary/aromatic N) is 1. The Morgan fingerprint density at radius 2 is 1.11 bits per heavy atom. The van der Waals surface area contributed by atoms with E-state index in [2.05, 4.69) is 21.3 Å². The van der Waals surface area contributed by atoms with Crippen molar-refractivity contribution in [3.05, 3.63) is 71.8 Å². The summed E-state index contributed by atoms with van der Waals surface area (Å²) in [5.41, 5.74) is 7.88. The molecule has 2 aromatic carbocycles. The average Bonchev–Trinajstić information content (AvgIpc) is 3.60. The fourth-order valence-corrected chi connectivity index (χ4v) is 6.70. The molecule has 0 aromatic heterocycles. The summed E-state index contributed by atoms with van der Waals surface area (Å²) >= 11 is 0. The van der Waals surface area contributed by atoms with Crippen LogP contribution >= 0.6 is 0 Å². The minimum atomic E-state index is -1.17. The van der Waals surface area contributed by atoms with E-state index in [1.807, 2.05) is 102 Å². The van der Waals surface area contributed by atoms with Crippen molar-refractivity contribution in [3.8, 4) is 0 Å². The molecule has 3 rings (SSSR count). The maximum Gasteiger partial charge on any atom is 0.326 e. The number of carbonyl (C=O) groups is 6. The Morgan fingerprint density at radius 3 is 1.65 bits per heavy atom. The third-order valence-electron chi connectivity index (χ3n) is 9.37. The topological polar surface area (TPSA) is 200 Å². The monoisotopic (exact) mass is 748 g/mol. The number of benzene rings is 2. The first-order valence-electron chi connectivity index (χ1n) is 19.1. The largest absolute Gasteiger partial charge is 0.480 e. The molecular weight excluding hydrogens is 688 g/mol. The zero-order valence-corrected chi connectivity index (χ0v) is 32.5. The molecule has 1 fully saturated rings. The molecule has 0 radical (unpaired) electrons. The molecule has 1 heterocycles. The number of carbonyl (C=O) groups excluding carboxylic acids is 5. The van der Waals surface area contributed by atoms with Gasteiger partial charge in [-0.05, 0) is 67.4 Å². The van der Waals surface area contributed by atoms with Crippen molar-refractivity contribution in [2.24, 2.45) is 23.5 Å². The molecule has 0 spiro atoms. The molecule has 1 aliphatic rings. The Hall–Kier alpha value is -4.78. The standard InChI is InChI=1S/C41H60N6O7/c1-25(2)20-31(43-36(48)30(42)23-28-14-9-7-10-15-28)37(49)45-33(21-26(3)4)40(52)47-19-13-18-35(47)39(51)44-32(24-29-16-11-8-12-17-29)38(50)46-34(41(53)54)22-27(5)6/h7-12,14-17,25-27,30-35H,13,18-24,42H2,1-6H3,(H,43,48)(H,44,51)(H,45,49)(H,46,50)(H,53,54)/t30-,31-,32-,33-,34-,35-/m0/s1. The summed E-state index contributed by atoms with van der Waals surface area (Å²) in [6.45, 7) is 11.7. The van der Waals surface area contributed by atoms with Gasteiger partial charge in [-0.1, -0.05) is 102 Å². The molecule has 0 aliphatic carbocycles. The normalized spacial score (nSPS) is 17.0. The molecule has 1 aliphatic heterocycles. The van der Waals surface area contributed by atoms with Gasteiger partial charge in [0, 0.05) is 13.0 Å². The van der Waals surface area contributed by atoms with Gasteiger partial charge >= 0.3 is 5.97 Å². The van der Waals surface area contributed by atoms with Crippen LogP contribution in [0.15, 0.2) is 60.7 Å². The Morgan fingerprint density at radius 1 is 0.648 bits per heavy atom. The lowest BCUT2D eigenvalue weighted by atomic mass is 9.99. The summed E-state index contributed by atoms with van der Waals surface area (Å²) in [7, 11) is 0. The molecular formula is C41H60N6O7. The summed E-state index contributed by atoms with van der Waals surface area (Å²) in [5, 5.41) is 20.9. The van der Waals surface area contributed by atoms with Crippen LogP contribution in [0.4, 0.5) is 0 Å². The second kappa shape index (κ2) is 21.2. The summed E-state index contributed by atoms with van der Waals surface area (Å²) < 4.78 is 0. The van der Waals surface area contributed by atoms with Crippen molar-refractivity contribution in [3.63, 3.8) is 0 Å². The number of aliphatic carboxylic acids is 1. The highest BCUT2D eigenvalue weighted by Gasteiger charge is 2.40. The molecule has 13 heteroatoms. The van der Waals surface area contributed by atoms with Crippen LogP contribution in [0.3, 0.4) is 0 Å². The summed E-state index contributed by atoms with van der Waals surface area (Å²) in [4.78, 5) is 82.1. The lowest BCUT2D eigenvalue weighted by Crippen LogP contribution is -2.59. The zero-order chi connectivity index (χ0) is 39.9. The number of hydrogen-bond donors (Lipinski definition) is 6. The third-order valence-corrected chi connectivity index (χ3v) is 9.37. The van der Waals surface area contributed by atoms with Crippen LogP contribution in [0.25, 0.3) is 0 Å². The van der Waals surface area contributed by atoms with Crippen LogP contribution in [0, 0.1) is 17.8 Å². The van der Waals surface area contributed by atoms with Crippen molar-refractivity contribution in [1.82, 2.24) is 26.2 Å². The first kappa shape index (κ1) is 43.6. The van der Waals surface area contributed by atoms with Gasteiger partial charge in [-0.15, -0.1) is 0 Å². The highest BCUT2D eigenvalue weighted by atomic mass is 16.4. The first-order valence-corrected chi connectivity index (χ1v) is 19.1. The SMILES string of the molecule is CC(C)C[C@H](NC(=O)[C@H](Cc1ccccc1)NC(=O)[C@@H]1CCCN1C(=O)[C@H](CC(C)C)NC(=O)[C@H](CC(C)C)NC(=O)[C@@H](N)Cc1ccccc1)C(=O)O. The predicted octanol–water partition coefficient (Wildman–Crippen LogP) is 2.95. The van der Waals surface area contributed by atoms with Crippen LogP contribution in [-0.2, 0) is 41.6 Å². The smallest absolute Gasteiger partial charge is 0.326 e. The average molecular weight is 749 g/mol. The van der Waals surface area contributed by atoms with E-state index in [0.29, 0.717) is 25.7 Å². The Labute approximate surface area is 319 Å². The molecule has 54 heavy (non-hydrogen) atoms. The fraction of sp³-hybridized carbons (Fsp3) is 0.561. The van der Waals surface area contributed by atoms with Gasteiger partial charge in [0.25, 0.3) is 0 Å². The molecule has 0 saturated carbocycles. The van der Waals surface area contributed by atoms with Crippen LogP contribution < -0.4 is 27.0 Å². The van der Waals surface area contributed by atoms with E-state index in [1.54, 1.807) is 0 Å². The Bertz CT molecular complexity index is 1550. The van der Waals surface area contributed by atoms with Gasteiger partial charge in [-0.3, -0.25) is 24.0 Å². The lowest BCUT2D eigenvalue weighted by Gasteiger charge is -2.31. The Kier molecular flexibility index (Phi) is 17.1. The number of carboxylic acid groups (broad SMARTS) is 1. The van der Waals surface area contributed by atoms with E-state index >= 15 is 0 Å². The van der Waals surface area contributed by atoms with Crippen LogP contribution in [-0.4, -0.2) is 88.3 Å². The highest BCUT2D eigenvalue weighted by molar-refractivity contribution is 5.96. The third kappa shape index (κ3) is 13.9. The number of carboxylic acids is 1. The molecule has 5 amide bonds. The maximum atomic E-state index is 14.2. The summed E-state index contributed by atoms with van der Waals surface area (Å²) in [6.07, 6.45) is 2.09. The van der Waals surface area contributed by atoms with Gasteiger partial charge in [0.1, 0.15) is 30.2 Å². The minimum Gasteiger partial charge on any atom is -0.480 e. The van der Waals surface area contributed by atoms with Gasteiger partial charge < -0.3 is 37.0 Å². The van der Waals surface area contributed by atoms with E-state index < -0.39 is 71.8 Å². The quantitative estimate of drug-likeness (QED) is 0.119. The molecule has 7 N–H and O–H groups in total. The zero-order valence-electron chi connectivity index (χ0n) is 32.5. The molecule has 1 saturated heterocycles. The van der Waals surface area contributed by atoms with Gasteiger partial charge in [-0.25, -0.2) is 4.79 Å². The van der Waals surface area contributed by atoms with Gasteiger partial charge in [0.15, 0.2) is 0 Å². The van der Waals surface area contributed by atoms with Crippen molar-refractivity contribution in [1.29, 1.82) is 0 Å². The first-order chi connectivity index (χ1) is 25.5. The van der Waals surface area contributed by atoms with Crippen LogP contribution in [0.5, 0.6) is 0 Å². The molecule has 0 bridgehead atoms. The van der Waals surface area contributed by atoms with Crippen molar-refractivity contribution >= 4 is 35.5 Å². The van der Waals surface area contributed by atoms with Crippen molar-refractivity contribution in [2.75, 3.05) is 6.54 Å². The molecule has 296 valence electrons. The summed E-state index contributed by atoms with van der Waals surface area (Å²) in [5.74, 6) is -3.74. The van der Waals surface area contributed by atoms with Gasteiger partial charge in [-0.2, -0.15) is 0 Å². The Balaban J connectivity index is 1.78. The molecule has 6 atom stereocenters. The van der Waals surface area contributed by atoms with Gasteiger partial charge in [0.05, 0.1) is 6.04 Å². The van der Waals surface area contributed by atoms with Crippen LogP contribution in [0.1, 0.15) is 84.8 Å². The molecule has 0 unspecified atom stereocenters. The van der Waals surface area contributed by atoms with E-state index in [9.17, 15) is 33.9 Å².